The molecule has 16 heavy (non-hydrogen) atoms. The number of nitrogens with two attached hydrogens (primary N) is 1. The number of anilines is 1. The van der Waals surface area contributed by atoms with Gasteiger partial charge in [-0.25, -0.2) is 5.84 Å². The number of carbonyl (C=O) groups excluding carboxylic acids is 1. The summed E-state index contributed by atoms with van der Waals surface area (Å²) in [6.45, 7) is 1.93. The molecule has 1 aromatic rings. The highest BCUT2D eigenvalue weighted by Crippen LogP contribution is 2.31. The van der Waals surface area contributed by atoms with Crippen molar-refractivity contribution in [2.75, 3.05) is 19.0 Å². The molecule has 0 saturated heterocycles. The molecule has 1 amide bonds. The molecule has 90 valence electrons. The second-order valence-corrected chi connectivity index (χ2v) is 5.67. The van der Waals surface area contributed by atoms with Gasteiger partial charge in [-0.05, 0) is 6.42 Å². The van der Waals surface area contributed by atoms with E-state index in [0.717, 1.165) is 9.47 Å². The predicted octanol–water partition coefficient (Wildman–Crippen LogP) is 0.465. The molecule has 1 heterocycles. The molecule has 0 fully saturated rings. The van der Waals surface area contributed by atoms with Crippen LogP contribution in [0.4, 0.5) is 5.13 Å². The highest BCUT2D eigenvalue weighted by molar-refractivity contribution is 8.02. The summed E-state index contributed by atoms with van der Waals surface area (Å²) >= 11 is 2.84. The molecule has 6 nitrogen and oxygen atoms in total. The van der Waals surface area contributed by atoms with E-state index in [0.29, 0.717) is 6.42 Å². The lowest BCUT2D eigenvalue weighted by molar-refractivity contribution is -0.120. The molecule has 0 aliphatic carbocycles. The Bertz CT molecular complexity index is 354. The summed E-state index contributed by atoms with van der Waals surface area (Å²) < 4.78 is 0.777. The largest absolute Gasteiger partial charge is 0.353 e. The fourth-order valence-electron chi connectivity index (χ4n) is 0.968. The monoisotopic (exact) mass is 261 g/mol. The maximum absolute atomic E-state index is 11.4. The molecule has 3 N–H and O–H groups in total. The third-order valence-electron chi connectivity index (χ3n) is 1.83. The van der Waals surface area contributed by atoms with Crippen LogP contribution in [0.2, 0.25) is 0 Å². The number of nitrogens with zero attached hydrogens (tertiary/aromatic N) is 3. The maximum atomic E-state index is 11.4. The van der Waals surface area contributed by atoms with Crippen molar-refractivity contribution in [3.63, 3.8) is 0 Å². The van der Waals surface area contributed by atoms with Crippen molar-refractivity contribution in [1.29, 1.82) is 0 Å². The van der Waals surface area contributed by atoms with Gasteiger partial charge in [-0.15, -0.1) is 10.2 Å². The topological polar surface area (TPSA) is 84.1 Å². The molecular formula is C8H15N5OS2. The van der Waals surface area contributed by atoms with E-state index in [-0.39, 0.29) is 11.2 Å². The Morgan fingerprint density at radius 1 is 1.62 bits per heavy atom. The smallest absolute Gasteiger partial charge is 0.247 e. The van der Waals surface area contributed by atoms with Crippen LogP contribution in [0.15, 0.2) is 4.34 Å². The van der Waals surface area contributed by atoms with Crippen molar-refractivity contribution >= 4 is 34.1 Å². The Morgan fingerprint density at radius 2 is 2.31 bits per heavy atom. The van der Waals surface area contributed by atoms with Crippen molar-refractivity contribution in [2.24, 2.45) is 5.84 Å². The number of amides is 1. The highest BCUT2D eigenvalue weighted by Gasteiger charge is 2.19. The summed E-state index contributed by atoms with van der Waals surface area (Å²) in [5.41, 5.74) is 2.15. The summed E-state index contributed by atoms with van der Waals surface area (Å²) in [6, 6.07) is 0. The van der Waals surface area contributed by atoms with Gasteiger partial charge in [-0.2, -0.15) is 0 Å². The van der Waals surface area contributed by atoms with E-state index >= 15 is 0 Å². The van der Waals surface area contributed by atoms with Crippen molar-refractivity contribution in [3.8, 4) is 0 Å². The van der Waals surface area contributed by atoms with Gasteiger partial charge < -0.3 is 4.90 Å². The molecular weight excluding hydrogens is 246 g/mol. The Labute approximate surface area is 103 Å². The Hall–Kier alpha value is -0.860. The molecule has 1 atom stereocenters. The van der Waals surface area contributed by atoms with Gasteiger partial charge in [0.05, 0.1) is 5.25 Å². The van der Waals surface area contributed by atoms with Crippen LogP contribution in [0, 0.1) is 0 Å². The minimum Gasteiger partial charge on any atom is -0.353 e. The normalized spacial score (nSPS) is 12.2. The van der Waals surface area contributed by atoms with Gasteiger partial charge in [0.1, 0.15) is 0 Å². The Balaban J connectivity index is 2.67. The van der Waals surface area contributed by atoms with Crippen LogP contribution in [0.3, 0.4) is 0 Å². The standard InChI is InChI=1S/C8H15N5OS2/c1-4-5(6(14)10-9)15-8-12-11-7(16-8)13(2)3/h5H,4,9H2,1-3H3,(H,10,14). The van der Waals surface area contributed by atoms with E-state index in [2.05, 4.69) is 15.6 Å². The lowest BCUT2D eigenvalue weighted by Crippen LogP contribution is -2.37. The van der Waals surface area contributed by atoms with Gasteiger partial charge in [-0.1, -0.05) is 30.0 Å². The quantitative estimate of drug-likeness (QED) is 0.347. The maximum Gasteiger partial charge on any atom is 0.247 e. The molecule has 0 saturated carbocycles. The van der Waals surface area contributed by atoms with Crippen LogP contribution in [0.25, 0.3) is 0 Å². The zero-order valence-electron chi connectivity index (χ0n) is 9.43. The first kappa shape index (κ1) is 13.2. The second-order valence-electron chi connectivity index (χ2n) is 3.27. The zero-order valence-corrected chi connectivity index (χ0v) is 11.1. The van der Waals surface area contributed by atoms with Crippen molar-refractivity contribution in [2.45, 2.75) is 22.9 Å². The average Bonchev–Trinajstić information content (AvgIpc) is 2.73. The van der Waals surface area contributed by atoms with E-state index in [1.807, 2.05) is 25.9 Å². The number of hydrogen-bond acceptors (Lipinski definition) is 7. The first-order chi connectivity index (χ1) is 7.58. The van der Waals surface area contributed by atoms with E-state index < -0.39 is 0 Å². The van der Waals surface area contributed by atoms with Crippen LogP contribution in [-0.2, 0) is 4.79 Å². The molecule has 1 unspecified atom stereocenters. The molecule has 0 aliphatic rings. The predicted molar refractivity (Wildman–Crippen MR) is 66.5 cm³/mol. The third-order valence-corrected chi connectivity index (χ3v) is 4.37. The van der Waals surface area contributed by atoms with Crippen LogP contribution in [0.1, 0.15) is 13.3 Å². The van der Waals surface area contributed by atoms with E-state index in [1.54, 1.807) is 0 Å². The van der Waals surface area contributed by atoms with Gasteiger partial charge >= 0.3 is 0 Å². The van der Waals surface area contributed by atoms with E-state index in [4.69, 9.17) is 5.84 Å². The van der Waals surface area contributed by atoms with Gasteiger partial charge in [-0.3, -0.25) is 10.2 Å². The van der Waals surface area contributed by atoms with Gasteiger partial charge in [0.25, 0.3) is 0 Å². The van der Waals surface area contributed by atoms with Crippen LogP contribution < -0.4 is 16.2 Å². The molecule has 0 spiro atoms. The van der Waals surface area contributed by atoms with E-state index in [1.165, 1.54) is 23.1 Å². The number of carbonyl (C=O) groups is 1. The van der Waals surface area contributed by atoms with Gasteiger partial charge in [0.2, 0.25) is 11.0 Å². The second kappa shape index (κ2) is 6.02. The molecule has 0 bridgehead atoms. The van der Waals surface area contributed by atoms with Crippen molar-refractivity contribution < 1.29 is 4.79 Å². The molecule has 0 radical (unpaired) electrons. The summed E-state index contributed by atoms with van der Waals surface area (Å²) in [5, 5.41) is 8.62. The average molecular weight is 261 g/mol. The summed E-state index contributed by atoms with van der Waals surface area (Å²) in [4.78, 5) is 13.3. The molecule has 8 heteroatoms. The van der Waals surface area contributed by atoms with Crippen molar-refractivity contribution in [3.05, 3.63) is 0 Å². The fourth-order valence-corrected chi connectivity index (χ4v) is 2.91. The Morgan fingerprint density at radius 3 is 2.75 bits per heavy atom. The number of hydrazine groups is 1. The molecule has 0 aromatic carbocycles. The van der Waals surface area contributed by atoms with Gasteiger partial charge in [0.15, 0.2) is 4.34 Å². The number of nitrogens with one attached hydrogen (secondary N) is 1. The summed E-state index contributed by atoms with van der Waals surface area (Å²) in [6.07, 6.45) is 0.699. The lowest BCUT2D eigenvalue weighted by atomic mass is 10.3. The minimum absolute atomic E-state index is 0.186. The number of rotatable bonds is 5. The number of thioether (sulfide) groups is 1. The molecule has 1 rings (SSSR count). The summed E-state index contributed by atoms with van der Waals surface area (Å²) in [5.74, 6) is 4.92. The minimum atomic E-state index is -0.215. The van der Waals surface area contributed by atoms with Crippen LogP contribution >= 0.6 is 23.1 Å². The lowest BCUT2D eigenvalue weighted by Gasteiger charge is -2.09. The van der Waals surface area contributed by atoms with Crippen molar-refractivity contribution in [1.82, 2.24) is 15.6 Å². The summed E-state index contributed by atoms with van der Waals surface area (Å²) in [7, 11) is 3.80. The van der Waals surface area contributed by atoms with Crippen LogP contribution in [0.5, 0.6) is 0 Å². The fraction of sp³-hybridized carbons (Fsp3) is 0.625. The van der Waals surface area contributed by atoms with Gasteiger partial charge in [0, 0.05) is 14.1 Å². The first-order valence-corrected chi connectivity index (χ1v) is 6.46. The Kier molecular flexibility index (Phi) is 4.97. The number of hydrogen-bond donors (Lipinski definition) is 2. The molecule has 1 aromatic heterocycles. The third kappa shape index (κ3) is 3.32. The highest BCUT2D eigenvalue weighted by atomic mass is 32.2. The first-order valence-electron chi connectivity index (χ1n) is 4.76. The molecule has 0 aliphatic heterocycles. The SMILES string of the molecule is CCC(Sc1nnc(N(C)C)s1)C(=O)NN. The number of aromatic nitrogens is 2. The zero-order chi connectivity index (χ0) is 12.1. The van der Waals surface area contributed by atoms with E-state index in [9.17, 15) is 4.79 Å². The van der Waals surface area contributed by atoms with Crippen LogP contribution in [-0.4, -0.2) is 35.4 Å².